The van der Waals surface area contributed by atoms with Crippen molar-refractivity contribution in [3.63, 3.8) is 0 Å². The fourth-order valence-corrected chi connectivity index (χ4v) is 1.62. The van der Waals surface area contributed by atoms with Crippen LogP contribution in [0.25, 0.3) is 0 Å². The van der Waals surface area contributed by atoms with Crippen molar-refractivity contribution in [3.05, 3.63) is 11.8 Å². The Balaban J connectivity index is 2.56. The van der Waals surface area contributed by atoms with E-state index < -0.39 is 5.97 Å². The fraction of sp³-hybridized carbons (Fsp3) is 0.667. The Bertz CT molecular complexity index is 331. The van der Waals surface area contributed by atoms with E-state index in [0.717, 1.165) is 12.8 Å². The quantitative estimate of drug-likeness (QED) is 0.702. The topological polar surface area (TPSA) is 66.4 Å². The molecule has 16 heavy (non-hydrogen) atoms. The zero-order chi connectivity index (χ0) is 12.3. The maximum absolute atomic E-state index is 11.7. The summed E-state index contributed by atoms with van der Waals surface area (Å²) < 4.78 is 0. The molecule has 1 atom stereocenters. The maximum Gasteiger partial charge on any atom is 0.352 e. The molecule has 0 bridgehead atoms. The number of aliphatic carboxylic acids is 1. The summed E-state index contributed by atoms with van der Waals surface area (Å²) >= 11 is 0. The van der Waals surface area contributed by atoms with E-state index in [-0.39, 0.29) is 22.9 Å². The van der Waals surface area contributed by atoms with Gasteiger partial charge in [-0.2, -0.15) is 0 Å². The van der Waals surface area contributed by atoms with Gasteiger partial charge in [0, 0.05) is 5.92 Å². The lowest BCUT2D eigenvalue weighted by atomic mass is 10.1. The first-order valence-corrected chi connectivity index (χ1v) is 5.63. The number of hydrogen-bond acceptors (Lipinski definition) is 2. The Hall–Kier alpha value is -1.32. The van der Waals surface area contributed by atoms with Gasteiger partial charge in [0.25, 0.3) is 0 Å². The SMILES string of the molecule is CCC/C=C(\NC(=O)[C@H]1CC1(C)C)C(=O)O. The second-order valence-corrected chi connectivity index (χ2v) is 4.95. The van der Waals surface area contributed by atoms with Crippen LogP contribution >= 0.6 is 0 Å². The van der Waals surface area contributed by atoms with Crippen LogP contribution in [0.15, 0.2) is 11.8 Å². The molecule has 0 heterocycles. The fourth-order valence-electron chi connectivity index (χ4n) is 1.62. The third kappa shape index (κ3) is 3.08. The summed E-state index contributed by atoms with van der Waals surface area (Å²) in [5.41, 5.74) is 0.0351. The highest BCUT2D eigenvalue weighted by Crippen LogP contribution is 2.51. The normalized spacial score (nSPS) is 22.7. The predicted octanol–water partition coefficient (Wildman–Crippen LogP) is 1.92. The Morgan fingerprint density at radius 3 is 2.44 bits per heavy atom. The van der Waals surface area contributed by atoms with Gasteiger partial charge in [-0.1, -0.05) is 33.3 Å². The largest absolute Gasteiger partial charge is 0.477 e. The van der Waals surface area contributed by atoms with Gasteiger partial charge in [0.1, 0.15) is 5.70 Å². The molecule has 1 fully saturated rings. The lowest BCUT2D eigenvalue weighted by Gasteiger charge is -2.07. The molecule has 0 aliphatic heterocycles. The summed E-state index contributed by atoms with van der Waals surface area (Å²) in [7, 11) is 0. The Morgan fingerprint density at radius 2 is 2.06 bits per heavy atom. The molecule has 0 unspecified atom stereocenters. The molecule has 0 saturated heterocycles. The van der Waals surface area contributed by atoms with Crippen LogP contribution in [0.1, 0.15) is 40.0 Å². The molecule has 0 aromatic rings. The number of carbonyl (C=O) groups is 2. The van der Waals surface area contributed by atoms with Crippen molar-refractivity contribution in [2.45, 2.75) is 40.0 Å². The van der Waals surface area contributed by atoms with Crippen molar-refractivity contribution < 1.29 is 14.7 Å². The van der Waals surface area contributed by atoms with E-state index in [4.69, 9.17) is 5.11 Å². The maximum atomic E-state index is 11.7. The molecule has 4 nitrogen and oxygen atoms in total. The van der Waals surface area contributed by atoms with Crippen molar-refractivity contribution >= 4 is 11.9 Å². The predicted molar refractivity (Wildman–Crippen MR) is 60.7 cm³/mol. The number of amides is 1. The van der Waals surface area contributed by atoms with Gasteiger partial charge in [-0.15, -0.1) is 0 Å². The number of allylic oxidation sites excluding steroid dienone is 1. The highest BCUT2D eigenvalue weighted by atomic mass is 16.4. The first-order chi connectivity index (χ1) is 7.38. The standard InChI is InChI=1S/C12H19NO3/c1-4-5-6-9(11(15)16)13-10(14)8-7-12(8,2)3/h6,8H,4-5,7H2,1-3H3,(H,13,14)(H,15,16)/b9-6-/t8-/m1/s1. The second-order valence-electron chi connectivity index (χ2n) is 4.95. The van der Waals surface area contributed by atoms with Crippen LogP contribution in [0.2, 0.25) is 0 Å². The first kappa shape index (κ1) is 12.7. The summed E-state index contributed by atoms with van der Waals surface area (Å²) in [6.07, 6.45) is 3.92. The summed E-state index contributed by atoms with van der Waals surface area (Å²) in [5, 5.41) is 11.4. The Labute approximate surface area is 95.7 Å². The third-order valence-electron chi connectivity index (χ3n) is 2.96. The molecule has 1 aliphatic carbocycles. The minimum atomic E-state index is -1.07. The molecule has 1 saturated carbocycles. The van der Waals surface area contributed by atoms with E-state index in [1.807, 2.05) is 20.8 Å². The molecular formula is C12H19NO3. The molecule has 1 rings (SSSR count). The summed E-state index contributed by atoms with van der Waals surface area (Å²) in [5.74, 6) is -1.29. The highest BCUT2D eigenvalue weighted by Gasteiger charge is 2.50. The van der Waals surface area contributed by atoms with Crippen LogP contribution in [-0.4, -0.2) is 17.0 Å². The third-order valence-corrected chi connectivity index (χ3v) is 2.96. The highest BCUT2D eigenvalue weighted by molar-refractivity contribution is 5.94. The van der Waals surface area contributed by atoms with Gasteiger partial charge >= 0.3 is 5.97 Å². The number of hydrogen-bond donors (Lipinski definition) is 2. The Morgan fingerprint density at radius 1 is 1.50 bits per heavy atom. The number of rotatable bonds is 5. The van der Waals surface area contributed by atoms with Crippen LogP contribution in [-0.2, 0) is 9.59 Å². The number of carboxylic acid groups (broad SMARTS) is 1. The lowest BCUT2D eigenvalue weighted by molar-refractivity contribution is -0.135. The van der Waals surface area contributed by atoms with Gasteiger partial charge in [0.15, 0.2) is 0 Å². The monoisotopic (exact) mass is 225 g/mol. The van der Waals surface area contributed by atoms with Crippen molar-refractivity contribution in [1.82, 2.24) is 5.32 Å². The van der Waals surface area contributed by atoms with Gasteiger partial charge in [0.2, 0.25) is 5.91 Å². The van der Waals surface area contributed by atoms with E-state index in [9.17, 15) is 9.59 Å². The molecule has 0 aromatic heterocycles. The van der Waals surface area contributed by atoms with Gasteiger partial charge in [-0.25, -0.2) is 4.79 Å². The van der Waals surface area contributed by atoms with E-state index in [2.05, 4.69) is 5.32 Å². The molecule has 0 aromatic carbocycles. The van der Waals surface area contributed by atoms with Crippen LogP contribution in [0.3, 0.4) is 0 Å². The van der Waals surface area contributed by atoms with Gasteiger partial charge in [-0.3, -0.25) is 4.79 Å². The number of carbonyl (C=O) groups excluding carboxylic acids is 1. The summed E-state index contributed by atoms with van der Waals surface area (Å²) in [6, 6.07) is 0. The zero-order valence-electron chi connectivity index (χ0n) is 10.0. The van der Waals surface area contributed by atoms with Crippen LogP contribution in [0.5, 0.6) is 0 Å². The lowest BCUT2D eigenvalue weighted by Crippen LogP contribution is -2.29. The first-order valence-electron chi connectivity index (χ1n) is 5.63. The van der Waals surface area contributed by atoms with E-state index in [1.54, 1.807) is 6.08 Å². The summed E-state index contributed by atoms with van der Waals surface area (Å²) in [6.45, 7) is 5.97. The van der Waals surface area contributed by atoms with E-state index in [0.29, 0.717) is 6.42 Å². The minimum absolute atomic E-state index is 0.00884. The second kappa shape index (κ2) is 4.68. The summed E-state index contributed by atoms with van der Waals surface area (Å²) in [4.78, 5) is 22.5. The zero-order valence-corrected chi connectivity index (χ0v) is 10.0. The van der Waals surface area contributed by atoms with Gasteiger partial charge in [0.05, 0.1) is 0 Å². The van der Waals surface area contributed by atoms with Crippen LogP contribution in [0.4, 0.5) is 0 Å². The van der Waals surface area contributed by atoms with Crippen molar-refractivity contribution in [1.29, 1.82) is 0 Å². The van der Waals surface area contributed by atoms with Crippen LogP contribution < -0.4 is 5.32 Å². The van der Waals surface area contributed by atoms with Gasteiger partial charge < -0.3 is 10.4 Å². The average Bonchev–Trinajstić information content (AvgIpc) is 2.81. The van der Waals surface area contributed by atoms with Crippen molar-refractivity contribution in [2.75, 3.05) is 0 Å². The van der Waals surface area contributed by atoms with Gasteiger partial charge in [-0.05, 0) is 18.3 Å². The van der Waals surface area contributed by atoms with E-state index in [1.165, 1.54) is 0 Å². The minimum Gasteiger partial charge on any atom is -0.477 e. The average molecular weight is 225 g/mol. The Kier molecular flexibility index (Phi) is 3.73. The van der Waals surface area contributed by atoms with E-state index >= 15 is 0 Å². The molecule has 0 spiro atoms. The molecule has 1 amide bonds. The molecule has 1 aliphatic rings. The smallest absolute Gasteiger partial charge is 0.352 e. The van der Waals surface area contributed by atoms with Crippen LogP contribution in [0, 0.1) is 11.3 Å². The molecule has 0 radical (unpaired) electrons. The molecule has 2 N–H and O–H groups in total. The van der Waals surface area contributed by atoms with Crippen molar-refractivity contribution in [3.8, 4) is 0 Å². The number of unbranched alkanes of at least 4 members (excludes halogenated alkanes) is 1. The molecule has 4 heteroatoms. The molecular weight excluding hydrogens is 206 g/mol. The van der Waals surface area contributed by atoms with Crippen molar-refractivity contribution in [2.24, 2.45) is 11.3 Å². The molecule has 90 valence electrons. The number of carboxylic acids is 1. The number of nitrogens with one attached hydrogen (secondary N) is 1.